The van der Waals surface area contributed by atoms with E-state index in [4.69, 9.17) is 23.7 Å². The molecule has 1 aromatic heterocycles. The second kappa shape index (κ2) is 20.9. The molecule has 4 aromatic rings. The maximum atomic E-state index is 14.4. The molecule has 2 N–H and O–H groups in total. The van der Waals surface area contributed by atoms with Crippen molar-refractivity contribution >= 4 is 47.6 Å². The van der Waals surface area contributed by atoms with Gasteiger partial charge in [-0.15, -0.1) is 16.9 Å². The number of halogens is 5. The number of carbonyl (C=O) groups is 6. The molecule has 0 unspecified atom stereocenters. The first-order valence-electron chi connectivity index (χ1n) is 19.8. The van der Waals surface area contributed by atoms with Crippen molar-refractivity contribution in [2.75, 3.05) is 12.4 Å². The quantitative estimate of drug-likeness (QED) is 0.0387. The van der Waals surface area contributed by atoms with Crippen molar-refractivity contribution in [2.24, 2.45) is 0 Å². The minimum Gasteiger partial charge on any atom is -0.456 e. The maximum absolute atomic E-state index is 14.4. The van der Waals surface area contributed by atoms with Crippen molar-refractivity contribution in [3.05, 3.63) is 101 Å². The first kappa shape index (κ1) is 47.8. The molecular weight excluding hydrogens is 894 g/mol. The number of benzene rings is 3. The molecule has 0 saturated carbocycles. The number of amides is 2. The third kappa shape index (κ3) is 11.2. The number of alkyl carbamates (subject to hydrolysis) is 1. The Bertz CT molecular complexity index is 2400. The Morgan fingerprint density at radius 1 is 0.785 bits per heavy atom. The van der Waals surface area contributed by atoms with Gasteiger partial charge in [-0.1, -0.05) is 60.7 Å². The molecule has 2 heterocycles. The Labute approximate surface area is 370 Å². The van der Waals surface area contributed by atoms with Crippen LogP contribution in [0.2, 0.25) is 0 Å². The molecule has 3 aromatic carbocycles. The number of nitrogens with one attached hydrogen (secondary N) is 2. The summed E-state index contributed by atoms with van der Waals surface area (Å²) in [4.78, 5) is 76.2. The van der Waals surface area contributed by atoms with Crippen LogP contribution in [0.5, 0.6) is 5.75 Å². The number of ether oxygens (including phenoxy) is 6. The van der Waals surface area contributed by atoms with Gasteiger partial charge in [-0.05, 0) is 28.0 Å². The average molecular weight is 934 g/mol. The van der Waals surface area contributed by atoms with Gasteiger partial charge in [0.1, 0.15) is 29.9 Å². The molecule has 1 aliphatic carbocycles. The summed E-state index contributed by atoms with van der Waals surface area (Å²) in [6.45, 7) is 4.31. The smallest absolute Gasteiger partial charge is 0.407 e. The lowest BCUT2D eigenvalue weighted by Gasteiger charge is -2.44. The highest BCUT2D eigenvalue weighted by molar-refractivity contribution is 7.99. The number of nitrogens with zero attached hydrogens (tertiary/aromatic N) is 3. The highest BCUT2D eigenvalue weighted by atomic mass is 32.2. The molecule has 23 heteroatoms. The summed E-state index contributed by atoms with van der Waals surface area (Å²) in [5, 5.41) is 12.6. The van der Waals surface area contributed by atoms with E-state index in [9.17, 15) is 50.7 Å². The zero-order valence-electron chi connectivity index (χ0n) is 34.8. The largest absolute Gasteiger partial charge is 0.456 e. The summed E-state index contributed by atoms with van der Waals surface area (Å²) in [7, 11) is 0. The van der Waals surface area contributed by atoms with E-state index in [2.05, 4.69) is 25.7 Å². The van der Waals surface area contributed by atoms with E-state index in [1.54, 1.807) is 6.92 Å². The summed E-state index contributed by atoms with van der Waals surface area (Å²) < 4.78 is 104. The second-order valence-electron chi connectivity index (χ2n) is 14.5. The predicted octanol–water partition coefficient (Wildman–Crippen LogP) is 4.77. The molecule has 1 fully saturated rings. The fourth-order valence-corrected chi connectivity index (χ4v) is 8.23. The highest BCUT2D eigenvalue weighted by Gasteiger charge is 2.52. The van der Waals surface area contributed by atoms with Crippen LogP contribution < -0.4 is 15.4 Å². The standard InChI is InChI=1S/C42H40F5N5O12S/c1-5-65-41-39(62-21(4)55)38(61-20(3)54)36(60-19(2)53)29(63-41)17-52-16-22(50-51-52)15-48-40(57)28(14-30(56)64-37-34(46)32(44)31(43)33(45)35(37)47)49-42(58)59-18-27-25-12-8-6-10-23(25)24-11-7-9-13-26(24)27/h6-13,16,27-29,36,38-39,41H,5,14-15,17-18H2,1-4H3,(H,48,57)(H,49,58)/t28-,29+,36-,38-,39+,41-/m0/s1. The zero-order chi connectivity index (χ0) is 47.1. The first-order valence-corrected chi connectivity index (χ1v) is 20.8. The van der Waals surface area contributed by atoms with E-state index >= 15 is 0 Å². The number of esters is 4. The van der Waals surface area contributed by atoms with Crippen LogP contribution >= 0.6 is 11.8 Å². The van der Waals surface area contributed by atoms with Crippen LogP contribution in [0.15, 0.2) is 54.7 Å². The Balaban J connectivity index is 1.17. The minimum atomic E-state index is -2.50. The molecule has 1 aliphatic heterocycles. The van der Waals surface area contributed by atoms with Crippen molar-refractivity contribution in [1.29, 1.82) is 0 Å². The van der Waals surface area contributed by atoms with Gasteiger partial charge in [0.15, 0.2) is 18.3 Å². The normalized spacial score (nSPS) is 19.2. The van der Waals surface area contributed by atoms with Gasteiger partial charge in [0.05, 0.1) is 25.7 Å². The molecule has 6 atom stereocenters. The van der Waals surface area contributed by atoms with Gasteiger partial charge in [0.25, 0.3) is 0 Å². The van der Waals surface area contributed by atoms with Crippen LogP contribution in [0.25, 0.3) is 11.1 Å². The molecule has 2 aliphatic rings. The summed E-state index contributed by atoms with van der Waals surface area (Å²) in [6, 6.07) is 12.9. The molecule has 6 rings (SSSR count). The van der Waals surface area contributed by atoms with Crippen molar-refractivity contribution in [2.45, 2.75) is 89.0 Å². The van der Waals surface area contributed by atoms with Crippen LogP contribution in [0.4, 0.5) is 26.7 Å². The zero-order valence-corrected chi connectivity index (χ0v) is 35.6. The molecule has 1 saturated heterocycles. The monoisotopic (exact) mass is 933 g/mol. The van der Waals surface area contributed by atoms with Crippen LogP contribution in [0.1, 0.15) is 56.9 Å². The fourth-order valence-electron chi connectivity index (χ4n) is 7.28. The SMILES string of the molecule is CCS[C@@H]1O[C@H](Cn2cc(CNC(=O)[C@H](CC(=O)Oc3c(F)c(F)c(F)c(F)c3F)NC(=O)OCC3c4ccccc4-c4ccccc43)nn2)[C@H](OC(C)=O)[C@H](OC(C)=O)[C@H]1OC(C)=O. The van der Waals surface area contributed by atoms with Crippen molar-refractivity contribution in [3.8, 4) is 16.9 Å². The van der Waals surface area contributed by atoms with E-state index in [1.165, 1.54) is 22.6 Å². The Hall–Kier alpha value is -6.62. The minimum absolute atomic E-state index is 0.0656. The molecule has 17 nitrogen and oxygen atoms in total. The van der Waals surface area contributed by atoms with Crippen molar-refractivity contribution in [3.63, 3.8) is 0 Å². The van der Waals surface area contributed by atoms with Gasteiger partial charge in [0, 0.05) is 26.7 Å². The number of carbonyl (C=O) groups excluding carboxylic acids is 6. The Kier molecular flexibility index (Phi) is 15.4. The number of hydrogen-bond donors (Lipinski definition) is 2. The molecule has 0 bridgehead atoms. The van der Waals surface area contributed by atoms with E-state index in [0.717, 1.165) is 43.0 Å². The average Bonchev–Trinajstić information content (AvgIpc) is 3.85. The van der Waals surface area contributed by atoms with Gasteiger partial charge in [-0.25, -0.2) is 22.6 Å². The molecule has 65 heavy (non-hydrogen) atoms. The van der Waals surface area contributed by atoms with Gasteiger partial charge < -0.3 is 39.1 Å². The van der Waals surface area contributed by atoms with Crippen molar-refractivity contribution in [1.82, 2.24) is 25.6 Å². The summed E-state index contributed by atoms with van der Waals surface area (Å²) in [5.41, 5.74) is 2.70. The van der Waals surface area contributed by atoms with Crippen LogP contribution in [0.3, 0.4) is 0 Å². The van der Waals surface area contributed by atoms with Gasteiger partial charge >= 0.3 is 30.0 Å². The third-order valence-corrected chi connectivity index (χ3v) is 11.0. The van der Waals surface area contributed by atoms with Crippen LogP contribution in [-0.2, 0) is 60.7 Å². The Morgan fingerprint density at radius 2 is 1.34 bits per heavy atom. The number of thioether (sulfide) groups is 1. The van der Waals surface area contributed by atoms with Gasteiger partial charge in [-0.2, -0.15) is 8.78 Å². The predicted molar refractivity (Wildman–Crippen MR) is 214 cm³/mol. The number of fused-ring (bicyclic) bond motifs is 3. The van der Waals surface area contributed by atoms with Crippen LogP contribution in [0, 0.1) is 29.1 Å². The summed E-state index contributed by atoms with van der Waals surface area (Å²) in [6.07, 6.45) is -5.94. The molecule has 0 radical (unpaired) electrons. The number of aromatic nitrogens is 3. The Morgan fingerprint density at radius 3 is 1.92 bits per heavy atom. The lowest BCUT2D eigenvalue weighted by Crippen LogP contribution is -2.61. The van der Waals surface area contributed by atoms with E-state index in [1.807, 2.05) is 48.5 Å². The summed E-state index contributed by atoms with van der Waals surface area (Å²) in [5.74, 6) is -19.1. The highest BCUT2D eigenvalue weighted by Crippen LogP contribution is 2.44. The molecule has 346 valence electrons. The number of rotatable bonds is 16. The topological polar surface area (TPSA) is 213 Å². The second-order valence-corrected chi connectivity index (χ2v) is 15.8. The lowest BCUT2D eigenvalue weighted by atomic mass is 9.98. The lowest BCUT2D eigenvalue weighted by molar-refractivity contribution is -0.233. The molecule has 0 spiro atoms. The van der Waals surface area contributed by atoms with Crippen molar-refractivity contribution < 1.29 is 79.1 Å². The van der Waals surface area contributed by atoms with E-state index in [-0.39, 0.29) is 18.8 Å². The van der Waals surface area contributed by atoms with Crippen LogP contribution in [-0.4, -0.2) is 99.1 Å². The van der Waals surface area contributed by atoms with E-state index < -0.39 is 125 Å². The fraction of sp³-hybridized carbons (Fsp3) is 0.381. The van der Waals surface area contributed by atoms with Gasteiger partial charge in [0.2, 0.25) is 40.7 Å². The van der Waals surface area contributed by atoms with Gasteiger partial charge in [-0.3, -0.25) is 24.0 Å². The summed E-state index contributed by atoms with van der Waals surface area (Å²) >= 11 is 1.22. The first-order chi connectivity index (χ1) is 31.0. The third-order valence-electron chi connectivity index (χ3n) is 9.93. The molecular formula is C42H40F5N5O12S. The molecule has 2 amide bonds. The number of hydrogen-bond acceptors (Lipinski definition) is 15. The van der Waals surface area contributed by atoms with E-state index in [0.29, 0.717) is 5.75 Å². The maximum Gasteiger partial charge on any atom is 0.407 e.